The second kappa shape index (κ2) is 24.7. The molecule has 1 unspecified atom stereocenters. The molecular formula is C42H66N5O9P. The number of ether oxygens (including phenoxy) is 4. The maximum atomic E-state index is 13.1. The number of benzene rings is 1. The van der Waals surface area contributed by atoms with Crippen LogP contribution in [0.15, 0.2) is 36.7 Å². The second-order valence-electron chi connectivity index (χ2n) is 15.4. The van der Waals surface area contributed by atoms with Crippen molar-refractivity contribution in [3.8, 4) is 11.8 Å². The van der Waals surface area contributed by atoms with Crippen LogP contribution >= 0.6 is 7.82 Å². The van der Waals surface area contributed by atoms with Crippen molar-refractivity contribution >= 4 is 19.2 Å². The van der Waals surface area contributed by atoms with Crippen molar-refractivity contribution < 1.29 is 42.6 Å². The topological polar surface area (TPSA) is 193 Å². The SMILES string of the molecule is CCCCCCCCCCCCCCCCCCOC[C@H](COP(=O)(O)OC[C@@]1(C)O[C@@H](c2ccc3c(N)ncnn23)C[C@@H]1O)OCc1ccc(C#N)c(OC)c1. The van der Waals surface area contributed by atoms with E-state index >= 15 is 0 Å². The number of methoxy groups -OCH3 is 1. The number of aliphatic hydroxyl groups is 1. The highest BCUT2D eigenvalue weighted by atomic mass is 31.2. The van der Waals surface area contributed by atoms with Crippen molar-refractivity contribution in [3.05, 3.63) is 53.5 Å². The van der Waals surface area contributed by atoms with Gasteiger partial charge in [-0.3, -0.25) is 9.05 Å². The number of anilines is 1. The fraction of sp³-hybridized carbons (Fsp3) is 0.690. The van der Waals surface area contributed by atoms with Gasteiger partial charge in [0.1, 0.15) is 41.5 Å². The van der Waals surface area contributed by atoms with Gasteiger partial charge >= 0.3 is 7.82 Å². The minimum atomic E-state index is -4.62. The third-order valence-corrected chi connectivity index (χ3v) is 11.6. The normalized spacial score (nSPS) is 19.8. The lowest BCUT2D eigenvalue weighted by Gasteiger charge is -2.28. The van der Waals surface area contributed by atoms with Crippen LogP contribution in [-0.4, -0.2) is 75.9 Å². The number of phosphoric ester groups is 1. The quantitative estimate of drug-likeness (QED) is 0.0428. The van der Waals surface area contributed by atoms with Crippen molar-refractivity contribution in [2.45, 2.75) is 154 Å². The van der Waals surface area contributed by atoms with Gasteiger partial charge in [-0.2, -0.15) is 10.4 Å². The zero-order valence-electron chi connectivity index (χ0n) is 34.3. The van der Waals surface area contributed by atoms with Gasteiger partial charge in [0.05, 0.1) is 50.9 Å². The fourth-order valence-electron chi connectivity index (χ4n) is 7.10. The molecule has 1 aliphatic heterocycles. The summed E-state index contributed by atoms with van der Waals surface area (Å²) in [5.74, 6) is 0.734. The first-order chi connectivity index (χ1) is 27.6. The molecule has 14 nitrogen and oxygen atoms in total. The summed E-state index contributed by atoms with van der Waals surface area (Å²) in [6.45, 7) is 3.96. The molecule has 0 bridgehead atoms. The number of hydrogen-bond donors (Lipinski definition) is 3. The summed E-state index contributed by atoms with van der Waals surface area (Å²) in [4.78, 5) is 14.7. The zero-order chi connectivity index (χ0) is 40.9. The molecular weight excluding hydrogens is 749 g/mol. The first kappa shape index (κ1) is 46.6. The van der Waals surface area contributed by atoms with Gasteiger partial charge in [0.25, 0.3) is 0 Å². The molecule has 0 spiro atoms. The predicted octanol–water partition coefficient (Wildman–Crippen LogP) is 8.77. The van der Waals surface area contributed by atoms with Gasteiger partial charge < -0.3 is 34.7 Å². The van der Waals surface area contributed by atoms with E-state index in [1.165, 1.54) is 103 Å². The third kappa shape index (κ3) is 15.5. The van der Waals surface area contributed by atoms with Crippen molar-refractivity contribution in [1.29, 1.82) is 5.26 Å². The van der Waals surface area contributed by atoms with Crippen LogP contribution in [0.4, 0.5) is 5.82 Å². The van der Waals surface area contributed by atoms with Crippen molar-refractivity contribution in [2.24, 2.45) is 0 Å². The molecule has 3 heterocycles. The number of fused-ring (bicyclic) bond motifs is 1. The van der Waals surface area contributed by atoms with Gasteiger partial charge in [0.2, 0.25) is 0 Å². The number of aromatic nitrogens is 3. The number of nitrogen functional groups attached to an aromatic ring is 1. The number of rotatable bonds is 30. The van der Waals surface area contributed by atoms with E-state index in [0.717, 1.165) is 18.4 Å². The number of nitrogens with zero attached hydrogens (tertiary/aromatic N) is 4. The van der Waals surface area contributed by atoms with E-state index in [1.54, 1.807) is 41.8 Å². The summed E-state index contributed by atoms with van der Waals surface area (Å²) < 4.78 is 49.0. The van der Waals surface area contributed by atoms with E-state index in [9.17, 15) is 19.8 Å². The van der Waals surface area contributed by atoms with Crippen LogP contribution in [0.25, 0.3) is 5.52 Å². The third-order valence-electron chi connectivity index (χ3n) is 10.7. The van der Waals surface area contributed by atoms with E-state index in [1.807, 2.05) is 0 Å². The van der Waals surface area contributed by atoms with E-state index in [0.29, 0.717) is 34.9 Å². The molecule has 15 heteroatoms. The number of hydrogen-bond acceptors (Lipinski definition) is 12. The largest absolute Gasteiger partial charge is 0.495 e. The number of aliphatic hydroxyl groups excluding tert-OH is 1. The molecule has 0 aliphatic carbocycles. The number of phosphoric acid groups is 1. The summed E-state index contributed by atoms with van der Waals surface area (Å²) >= 11 is 0. The Balaban J connectivity index is 1.18. The van der Waals surface area contributed by atoms with Crippen molar-refractivity contribution in [1.82, 2.24) is 14.6 Å². The summed E-state index contributed by atoms with van der Waals surface area (Å²) in [6, 6.07) is 10.8. The number of nitrogens with two attached hydrogens (primary N) is 1. The summed E-state index contributed by atoms with van der Waals surface area (Å²) in [7, 11) is -3.12. The molecule has 4 N–H and O–H groups in total. The van der Waals surface area contributed by atoms with Crippen LogP contribution in [0.2, 0.25) is 0 Å². The standard InChI is InChI=1S/C42H66N5O9P/c1-4-5-6-7-8-9-10-11-12-13-14-15-16-17-18-19-24-52-29-35(53-28-33-20-21-34(27-43)38(25-33)51-3)30-54-57(49,50)55-31-42(2)40(48)26-39(56-42)36-22-23-37-41(44)45-32-46-47(36)37/h20-23,25,32,35,39-40,48H,4-19,24,26,28-31H2,1-3H3,(H,49,50)(H2,44,45,46)/t35-,39-,40+,42-/m1/s1. The smallest absolute Gasteiger partial charge is 0.472 e. The van der Waals surface area contributed by atoms with Gasteiger partial charge in [0.15, 0.2) is 5.82 Å². The summed E-state index contributed by atoms with van der Waals surface area (Å²) in [5.41, 5.74) is 7.07. The van der Waals surface area contributed by atoms with Gasteiger partial charge in [0, 0.05) is 13.0 Å². The van der Waals surface area contributed by atoms with Crippen LogP contribution in [0.3, 0.4) is 0 Å². The Morgan fingerprint density at radius 2 is 1.63 bits per heavy atom. The number of unbranched alkanes of at least 4 members (excludes halogenated alkanes) is 15. The Bertz CT molecular complexity index is 1700. The lowest BCUT2D eigenvalue weighted by atomic mass is 9.99. The zero-order valence-corrected chi connectivity index (χ0v) is 35.2. The molecule has 1 saturated heterocycles. The molecule has 4 rings (SSSR count). The number of nitriles is 1. The second-order valence-corrected chi connectivity index (χ2v) is 16.8. The highest BCUT2D eigenvalue weighted by molar-refractivity contribution is 7.47. The van der Waals surface area contributed by atoms with E-state index < -0.39 is 38.3 Å². The van der Waals surface area contributed by atoms with Crippen LogP contribution in [0.5, 0.6) is 5.75 Å². The van der Waals surface area contributed by atoms with Crippen LogP contribution in [0.1, 0.15) is 146 Å². The van der Waals surface area contributed by atoms with Crippen molar-refractivity contribution in [3.63, 3.8) is 0 Å². The molecule has 3 aromatic rings. The van der Waals surface area contributed by atoms with Gasteiger partial charge in [-0.25, -0.2) is 14.1 Å². The molecule has 1 aliphatic rings. The fourth-order valence-corrected chi connectivity index (χ4v) is 7.95. The Kier molecular flexibility index (Phi) is 20.2. The molecule has 2 aromatic heterocycles. The Labute approximate surface area is 339 Å². The highest BCUT2D eigenvalue weighted by Gasteiger charge is 2.47. The van der Waals surface area contributed by atoms with Gasteiger partial charge in [-0.05, 0) is 43.2 Å². The molecule has 0 radical (unpaired) electrons. The monoisotopic (exact) mass is 815 g/mol. The maximum absolute atomic E-state index is 13.1. The molecule has 1 fully saturated rings. The Morgan fingerprint density at radius 3 is 2.26 bits per heavy atom. The van der Waals surface area contributed by atoms with Crippen LogP contribution in [-0.2, 0) is 34.4 Å². The summed E-state index contributed by atoms with van der Waals surface area (Å²) in [6.07, 6.45) is 19.9. The Hall–Kier alpha value is -3.12. The van der Waals surface area contributed by atoms with E-state index in [-0.39, 0.29) is 26.2 Å². The van der Waals surface area contributed by atoms with Crippen molar-refractivity contribution in [2.75, 3.05) is 39.3 Å². The lowest BCUT2D eigenvalue weighted by molar-refractivity contribution is -0.101. The molecule has 0 saturated carbocycles. The molecule has 1 aromatic carbocycles. The molecule has 5 atom stereocenters. The minimum Gasteiger partial charge on any atom is -0.495 e. The van der Waals surface area contributed by atoms with Gasteiger partial charge in [-0.1, -0.05) is 109 Å². The highest BCUT2D eigenvalue weighted by Crippen LogP contribution is 2.47. The maximum Gasteiger partial charge on any atom is 0.472 e. The summed E-state index contributed by atoms with van der Waals surface area (Å²) in [5, 5.41) is 24.5. The van der Waals surface area contributed by atoms with Gasteiger partial charge in [-0.15, -0.1) is 0 Å². The minimum absolute atomic E-state index is 0.125. The van der Waals surface area contributed by atoms with E-state index in [2.05, 4.69) is 23.1 Å². The Morgan fingerprint density at radius 1 is 0.982 bits per heavy atom. The van der Waals surface area contributed by atoms with E-state index in [4.69, 9.17) is 33.7 Å². The predicted molar refractivity (Wildman–Crippen MR) is 219 cm³/mol. The first-order valence-corrected chi connectivity index (χ1v) is 22.4. The lowest BCUT2D eigenvalue weighted by Crippen LogP contribution is -2.40. The van der Waals surface area contributed by atoms with Crippen LogP contribution in [0, 0.1) is 11.3 Å². The average molecular weight is 816 g/mol. The average Bonchev–Trinajstić information content (AvgIpc) is 3.78. The van der Waals surface area contributed by atoms with Crippen LogP contribution < -0.4 is 10.5 Å². The molecule has 0 amide bonds. The molecule has 57 heavy (non-hydrogen) atoms. The molecule has 318 valence electrons. The first-order valence-electron chi connectivity index (χ1n) is 20.9.